The van der Waals surface area contributed by atoms with Crippen LogP contribution >= 0.6 is 0 Å². The molecule has 2 aromatic carbocycles. The van der Waals surface area contributed by atoms with E-state index in [0.717, 1.165) is 27.7 Å². The molecular weight excluding hydrogens is 307 g/mol. The van der Waals surface area contributed by atoms with Gasteiger partial charge >= 0.3 is 5.97 Å². The first-order chi connectivity index (χ1) is 11.3. The Morgan fingerprint density at radius 3 is 2.54 bits per heavy atom. The maximum absolute atomic E-state index is 13.1. The number of carboxylic acids is 1. The average Bonchev–Trinajstić information content (AvgIpc) is 2.91. The molecule has 3 aromatic rings. The van der Waals surface area contributed by atoms with Crippen LogP contribution in [0.2, 0.25) is 0 Å². The molecule has 0 aliphatic heterocycles. The second-order valence-corrected chi connectivity index (χ2v) is 6.74. The summed E-state index contributed by atoms with van der Waals surface area (Å²) >= 11 is 0. The van der Waals surface area contributed by atoms with E-state index in [9.17, 15) is 14.3 Å². The van der Waals surface area contributed by atoms with Gasteiger partial charge in [0.2, 0.25) is 0 Å². The van der Waals surface area contributed by atoms with Crippen molar-refractivity contribution in [1.29, 1.82) is 0 Å². The van der Waals surface area contributed by atoms with Crippen molar-refractivity contribution < 1.29 is 14.3 Å². The number of hydrogen-bond acceptors (Lipinski definition) is 2. The normalized spacial score (nSPS) is 11.8. The van der Waals surface area contributed by atoms with Crippen molar-refractivity contribution in [2.75, 3.05) is 0 Å². The number of carbonyl (C=O) groups is 1. The van der Waals surface area contributed by atoms with Crippen LogP contribution in [0.1, 0.15) is 25.0 Å². The summed E-state index contributed by atoms with van der Waals surface area (Å²) in [5, 5.41) is 14.7. The summed E-state index contributed by atoms with van der Waals surface area (Å²) in [5.41, 5.74) is 2.88. The van der Waals surface area contributed by atoms with Crippen LogP contribution in [0.4, 0.5) is 4.39 Å². The molecule has 0 atom stereocenters. The summed E-state index contributed by atoms with van der Waals surface area (Å²) in [6.07, 6.45) is 2.20. The summed E-state index contributed by atoms with van der Waals surface area (Å²) in [5.74, 6) is -1.10. The van der Waals surface area contributed by atoms with Crippen molar-refractivity contribution >= 4 is 16.9 Å². The number of aryl methyl sites for hydroxylation is 1. The second-order valence-electron chi connectivity index (χ2n) is 6.74. The van der Waals surface area contributed by atoms with Gasteiger partial charge in [-0.05, 0) is 74.7 Å². The Hall–Kier alpha value is -2.69. The zero-order chi connectivity index (χ0) is 17.5. The minimum atomic E-state index is -0.828. The number of hydrogen-bond donors (Lipinski definition) is 1. The topological polar surface area (TPSA) is 55.1 Å². The Labute approximate surface area is 139 Å². The summed E-state index contributed by atoms with van der Waals surface area (Å²) in [6, 6.07) is 10.2. The Bertz CT molecular complexity index is 911. The van der Waals surface area contributed by atoms with E-state index >= 15 is 0 Å². The van der Waals surface area contributed by atoms with Crippen molar-refractivity contribution in [3.05, 3.63) is 59.5 Å². The van der Waals surface area contributed by atoms with E-state index < -0.39 is 11.4 Å². The van der Waals surface area contributed by atoms with Gasteiger partial charge in [-0.3, -0.25) is 4.79 Å². The van der Waals surface area contributed by atoms with Crippen LogP contribution < -0.4 is 0 Å². The molecule has 0 radical (unpaired) electrons. The Morgan fingerprint density at radius 1 is 1.25 bits per heavy atom. The summed E-state index contributed by atoms with van der Waals surface area (Å²) in [6.45, 7) is 5.41. The molecule has 1 aromatic heterocycles. The third-order valence-corrected chi connectivity index (χ3v) is 4.31. The molecule has 3 rings (SSSR count). The molecule has 24 heavy (non-hydrogen) atoms. The zero-order valence-electron chi connectivity index (χ0n) is 13.9. The average molecular weight is 326 g/mol. The van der Waals surface area contributed by atoms with Crippen LogP contribution in [-0.2, 0) is 11.2 Å². The van der Waals surface area contributed by atoms with Crippen LogP contribution in [-0.4, -0.2) is 20.9 Å². The number of halogens is 1. The number of aromatic nitrogens is 2. The van der Waals surface area contributed by atoms with Gasteiger partial charge < -0.3 is 5.11 Å². The lowest BCUT2D eigenvalue weighted by molar-refractivity contribution is -0.146. The first kappa shape index (κ1) is 16.2. The predicted molar refractivity (Wildman–Crippen MR) is 90.9 cm³/mol. The maximum atomic E-state index is 13.1. The van der Waals surface area contributed by atoms with Gasteiger partial charge in [0.05, 0.1) is 22.8 Å². The number of fused-ring (bicyclic) bond motifs is 1. The fourth-order valence-corrected chi connectivity index (χ4v) is 2.76. The van der Waals surface area contributed by atoms with Crippen LogP contribution in [0, 0.1) is 18.2 Å². The van der Waals surface area contributed by atoms with Gasteiger partial charge in [0.1, 0.15) is 5.82 Å². The van der Waals surface area contributed by atoms with Crippen molar-refractivity contribution in [3.8, 4) is 5.69 Å². The Morgan fingerprint density at radius 2 is 1.92 bits per heavy atom. The molecule has 0 saturated carbocycles. The molecule has 0 aliphatic rings. The van der Waals surface area contributed by atoms with Gasteiger partial charge in [0, 0.05) is 5.39 Å². The summed E-state index contributed by atoms with van der Waals surface area (Å²) in [4.78, 5) is 11.4. The minimum Gasteiger partial charge on any atom is -0.481 e. The van der Waals surface area contributed by atoms with Crippen LogP contribution in [0.15, 0.2) is 42.6 Å². The van der Waals surface area contributed by atoms with Crippen molar-refractivity contribution in [3.63, 3.8) is 0 Å². The summed E-state index contributed by atoms with van der Waals surface area (Å²) < 4.78 is 14.9. The fraction of sp³-hybridized carbons (Fsp3) is 0.263. The standard InChI is InChI=1S/C19H19FN2O2/c1-12-8-17-14(9-13(12)10-19(2,3)18(23)24)11-21-22(17)16-6-4-15(20)5-7-16/h4-9,11H,10H2,1-3H3,(H,23,24). The van der Waals surface area contributed by atoms with E-state index in [1.807, 2.05) is 19.1 Å². The van der Waals surface area contributed by atoms with Crippen molar-refractivity contribution in [2.45, 2.75) is 27.2 Å². The van der Waals surface area contributed by atoms with E-state index in [0.29, 0.717) is 6.42 Å². The van der Waals surface area contributed by atoms with E-state index in [1.54, 1.807) is 36.9 Å². The molecule has 124 valence electrons. The monoisotopic (exact) mass is 326 g/mol. The van der Waals surface area contributed by atoms with E-state index in [2.05, 4.69) is 5.10 Å². The lowest BCUT2D eigenvalue weighted by Gasteiger charge is -2.20. The zero-order valence-corrected chi connectivity index (χ0v) is 13.9. The highest BCUT2D eigenvalue weighted by Crippen LogP contribution is 2.28. The number of rotatable bonds is 4. The third-order valence-electron chi connectivity index (χ3n) is 4.31. The van der Waals surface area contributed by atoms with Crippen molar-refractivity contribution in [1.82, 2.24) is 9.78 Å². The number of benzene rings is 2. The fourth-order valence-electron chi connectivity index (χ4n) is 2.76. The third kappa shape index (κ3) is 2.89. The van der Waals surface area contributed by atoms with Gasteiger partial charge in [-0.15, -0.1) is 0 Å². The predicted octanol–water partition coefficient (Wildman–Crippen LogP) is 4.13. The number of aliphatic carboxylic acids is 1. The van der Waals surface area contributed by atoms with Gasteiger partial charge in [0.25, 0.3) is 0 Å². The van der Waals surface area contributed by atoms with Gasteiger partial charge in [-0.2, -0.15) is 5.10 Å². The van der Waals surface area contributed by atoms with Gasteiger partial charge in [-0.25, -0.2) is 9.07 Å². The van der Waals surface area contributed by atoms with Crippen LogP contribution in [0.5, 0.6) is 0 Å². The van der Waals surface area contributed by atoms with Gasteiger partial charge in [-0.1, -0.05) is 0 Å². The summed E-state index contributed by atoms with van der Waals surface area (Å²) in [7, 11) is 0. The maximum Gasteiger partial charge on any atom is 0.309 e. The van der Waals surface area contributed by atoms with E-state index in [1.165, 1.54) is 12.1 Å². The molecule has 0 amide bonds. The minimum absolute atomic E-state index is 0.287. The number of nitrogens with zero attached hydrogens (tertiary/aromatic N) is 2. The highest BCUT2D eigenvalue weighted by molar-refractivity contribution is 5.82. The molecule has 0 fully saturated rings. The molecule has 0 unspecified atom stereocenters. The second kappa shape index (κ2) is 5.74. The highest BCUT2D eigenvalue weighted by atomic mass is 19.1. The largest absolute Gasteiger partial charge is 0.481 e. The van der Waals surface area contributed by atoms with Crippen molar-refractivity contribution in [2.24, 2.45) is 5.41 Å². The Balaban J connectivity index is 2.05. The smallest absolute Gasteiger partial charge is 0.309 e. The van der Waals surface area contributed by atoms with Gasteiger partial charge in [0.15, 0.2) is 0 Å². The molecule has 5 heteroatoms. The number of carboxylic acid groups (broad SMARTS) is 1. The SMILES string of the molecule is Cc1cc2c(cnn2-c2ccc(F)cc2)cc1CC(C)(C)C(=O)O. The van der Waals surface area contributed by atoms with E-state index in [4.69, 9.17) is 0 Å². The van der Waals surface area contributed by atoms with E-state index in [-0.39, 0.29) is 5.82 Å². The molecule has 0 spiro atoms. The molecule has 0 bridgehead atoms. The molecule has 4 nitrogen and oxygen atoms in total. The molecule has 0 saturated heterocycles. The Kier molecular flexibility index (Phi) is 3.87. The first-order valence-corrected chi connectivity index (χ1v) is 7.74. The molecule has 1 N–H and O–H groups in total. The quantitative estimate of drug-likeness (QED) is 0.784. The lowest BCUT2D eigenvalue weighted by atomic mass is 9.84. The molecule has 1 heterocycles. The molecule has 0 aliphatic carbocycles. The van der Waals surface area contributed by atoms with Crippen LogP contribution in [0.25, 0.3) is 16.6 Å². The first-order valence-electron chi connectivity index (χ1n) is 7.74. The highest BCUT2D eigenvalue weighted by Gasteiger charge is 2.28. The van der Waals surface area contributed by atoms with Crippen LogP contribution in [0.3, 0.4) is 0 Å². The lowest BCUT2D eigenvalue weighted by Crippen LogP contribution is -2.26. The molecular formula is C19H19FN2O2.